The van der Waals surface area contributed by atoms with Crippen LogP contribution >= 0.6 is 11.8 Å². The molecule has 34 heavy (non-hydrogen) atoms. The molecule has 4 aromatic rings. The zero-order valence-corrected chi connectivity index (χ0v) is 19.1. The lowest BCUT2D eigenvalue weighted by Gasteiger charge is -2.14. The van der Waals surface area contributed by atoms with Gasteiger partial charge in [0.25, 0.3) is 0 Å². The van der Waals surface area contributed by atoms with Gasteiger partial charge in [0.2, 0.25) is 11.8 Å². The summed E-state index contributed by atoms with van der Waals surface area (Å²) in [7, 11) is 0. The molecular weight excluding hydrogens is 453 g/mol. The fourth-order valence-corrected chi connectivity index (χ4v) is 3.82. The molecule has 0 saturated carbocycles. The van der Waals surface area contributed by atoms with Crippen molar-refractivity contribution in [3.05, 3.63) is 84.7 Å². The van der Waals surface area contributed by atoms with Crippen LogP contribution < -0.4 is 10.6 Å². The number of aromatic amines is 1. The number of thioether (sulfide) groups is 1. The fourth-order valence-electron chi connectivity index (χ4n) is 3.14. The van der Waals surface area contributed by atoms with Gasteiger partial charge >= 0.3 is 0 Å². The first-order valence-electron chi connectivity index (χ1n) is 10.5. The molecule has 3 N–H and O–H groups in total. The number of amides is 2. The second-order valence-electron chi connectivity index (χ2n) is 7.42. The number of hydrogen-bond donors (Lipinski definition) is 3. The number of rotatable bonds is 8. The van der Waals surface area contributed by atoms with E-state index in [0.29, 0.717) is 28.6 Å². The molecule has 0 bridgehead atoms. The number of halogens is 1. The predicted molar refractivity (Wildman–Crippen MR) is 133 cm³/mol. The highest BCUT2D eigenvalue weighted by atomic mass is 32.2. The van der Waals surface area contributed by atoms with Gasteiger partial charge in [-0.3, -0.25) is 14.7 Å². The Bertz CT molecular complexity index is 1280. The number of carbonyl (C=O) groups excluding carboxylic acids is 2. The van der Waals surface area contributed by atoms with E-state index in [9.17, 15) is 14.0 Å². The standard InChI is InChI=1S/C25H22FN5O2S/c1-16(34-15-22(32)27-19-13-11-18(26)12-14-19)25(33)28-21-10-6-5-9-20(21)24-29-23(30-31-24)17-7-3-2-4-8-17/h2-14,16H,15H2,1H3,(H,27,32)(H,28,33)(H,29,30,31). The van der Waals surface area contributed by atoms with Crippen molar-refractivity contribution in [2.24, 2.45) is 0 Å². The highest BCUT2D eigenvalue weighted by Crippen LogP contribution is 2.27. The third-order valence-electron chi connectivity index (χ3n) is 4.92. The zero-order valence-electron chi connectivity index (χ0n) is 18.3. The highest BCUT2D eigenvalue weighted by molar-refractivity contribution is 8.01. The summed E-state index contributed by atoms with van der Waals surface area (Å²) in [5.41, 5.74) is 2.68. The van der Waals surface area contributed by atoms with Gasteiger partial charge in [-0.05, 0) is 43.3 Å². The number of hydrogen-bond acceptors (Lipinski definition) is 5. The molecule has 9 heteroatoms. The zero-order chi connectivity index (χ0) is 23.9. The average molecular weight is 476 g/mol. The smallest absolute Gasteiger partial charge is 0.237 e. The lowest BCUT2D eigenvalue weighted by atomic mass is 10.1. The van der Waals surface area contributed by atoms with Crippen LogP contribution in [0, 0.1) is 5.82 Å². The fraction of sp³-hybridized carbons (Fsp3) is 0.120. The van der Waals surface area contributed by atoms with E-state index >= 15 is 0 Å². The maximum Gasteiger partial charge on any atom is 0.237 e. The summed E-state index contributed by atoms with van der Waals surface area (Å²) >= 11 is 1.20. The number of H-pyrrole nitrogens is 1. The van der Waals surface area contributed by atoms with Crippen LogP contribution in [-0.4, -0.2) is 38.0 Å². The van der Waals surface area contributed by atoms with E-state index < -0.39 is 5.25 Å². The Labute approximate surface area is 200 Å². The van der Waals surface area contributed by atoms with Crippen molar-refractivity contribution in [2.75, 3.05) is 16.4 Å². The van der Waals surface area contributed by atoms with Gasteiger partial charge < -0.3 is 10.6 Å². The van der Waals surface area contributed by atoms with Crippen LogP contribution in [-0.2, 0) is 9.59 Å². The Hall–Kier alpha value is -3.98. The summed E-state index contributed by atoms with van der Waals surface area (Å²) in [6.45, 7) is 1.73. The summed E-state index contributed by atoms with van der Waals surface area (Å²) in [5, 5.41) is 12.3. The van der Waals surface area contributed by atoms with E-state index in [1.807, 2.05) is 48.5 Å². The van der Waals surface area contributed by atoms with Gasteiger partial charge in [0, 0.05) is 16.8 Å². The minimum Gasteiger partial charge on any atom is -0.325 e. The Morgan fingerprint density at radius 2 is 1.68 bits per heavy atom. The Balaban J connectivity index is 1.37. The monoisotopic (exact) mass is 475 g/mol. The lowest BCUT2D eigenvalue weighted by Crippen LogP contribution is -2.25. The molecule has 4 rings (SSSR count). The molecule has 172 valence electrons. The highest BCUT2D eigenvalue weighted by Gasteiger charge is 2.18. The summed E-state index contributed by atoms with van der Waals surface area (Å²) < 4.78 is 13.0. The first-order chi connectivity index (χ1) is 16.5. The van der Waals surface area contributed by atoms with Crippen molar-refractivity contribution in [3.63, 3.8) is 0 Å². The maximum absolute atomic E-state index is 13.0. The first kappa shape index (κ1) is 23.2. The number of nitrogens with one attached hydrogen (secondary N) is 3. The molecule has 0 aliphatic heterocycles. The average Bonchev–Trinajstić information content (AvgIpc) is 3.35. The number of benzene rings is 3. The topological polar surface area (TPSA) is 99.8 Å². The van der Waals surface area contributed by atoms with Gasteiger partial charge in [0.1, 0.15) is 5.82 Å². The number of anilines is 2. The quantitative estimate of drug-likeness (QED) is 0.334. The lowest BCUT2D eigenvalue weighted by molar-refractivity contribution is -0.115. The number of para-hydroxylation sites is 1. The molecule has 1 heterocycles. The van der Waals surface area contributed by atoms with Crippen LogP contribution in [0.2, 0.25) is 0 Å². The van der Waals surface area contributed by atoms with Crippen molar-refractivity contribution in [1.29, 1.82) is 0 Å². The van der Waals surface area contributed by atoms with E-state index in [1.54, 1.807) is 13.0 Å². The van der Waals surface area contributed by atoms with Crippen LogP contribution in [0.3, 0.4) is 0 Å². The Morgan fingerprint density at radius 1 is 0.971 bits per heavy atom. The van der Waals surface area contributed by atoms with Crippen molar-refractivity contribution in [2.45, 2.75) is 12.2 Å². The molecule has 3 aromatic carbocycles. The van der Waals surface area contributed by atoms with Crippen LogP contribution in [0.1, 0.15) is 6.92 Å². The van der Waals surface area contributed by atoms with Gasteiger partial charge in [-0.1, -0.05) is 42.5 Å². The first-order valence-corrected chi connectivity index (χ1v) is 11.6. The van der Waals surface area contributed by atoms with E-state index in [2.05, 4.69) is 25.8 Å². The van der Waals surface area contributed by atoms with Gasteiger partial charge in [0.15, 0.2) is 11.6 Å². The minimum atomic E-state index is -0.485. The number of nitrogens with zero attached hydrogens (tertiary/aromatic N) is 2. The van der Waals surface area contributed by atoms with E-state index in [1.165, 1.54) is 36.0 Å². The van der Waals surface area contributed by atoms with Crippen molar-refractivity contribution < 1.29 is 14.0 Å². The molecule has 0 radical (unpaired) electrons. The molecule has 0 aliphatic carbocycles. The largest absolute Gasteiger partial charge is 0.325 e. The number of carbonyl (C=O) groups is 2. The Kier molecular flexibility index (Phi) is 7.34. The molecule has 1 aromatic heterocycles. The predicted octanol–water partition coefficient (Wildman–Crippen LogP) is 4.98. The summed E-state index contributed by atoms with van der Waals surface area (Å²) in [5.74, 6) is 0.290. The summed E-state index contributed by atoms with van der Waals surface area (Å²) in [4.78, 5) is 29.5. The Morgan fingerprint density at radius 3 is 2.44 bits per heavy atom. The SMILES string of the molecule is CC(SCC(=O)Nc1ccc(F)cc1)C(=O)Nc1ccccc1-c1nc(-c2ccccc2)n[nH]1. The molecule has 0 saturated heterocycles. The molecule has 7 nitrogen and oxygen atoms in total. The molecule has 0 spiro atoms. The molecular formula is C25H22FN5O2S. The molecule has 0 aliphatic rings. The van der Waals surface area contributed by atoms with Gasteiger partial charge in [-0.2, -0.15) is 5.10 Å². The van der Waals surface area contributed by atoms with Crippen LogP contribution in [0.15, 0.2) is 78.9 Å². The van der Waals surface area contributed by atoms with Crippen LogP contribution in [0.4, 0.5) is 15.8 Å². The van der Waals surface area contributed by atoms with Crippen molar-refractivity contribution in [3.8, 4) is 22.8 Å². The summed E-state index contributed by atoms with van der Waals surface area (Å²) in [6, 6.07) is 22.4. The maximum atomic E-state index is 13.0. The summed E-state index contributed by atoms with van der Waals surface area (Å²) in [6.07, 6.45) is 0. The van der Waals surface area contributed by atoms with E-state index in [-0.39, 0.29) is 23.4 Å². The van der Waals surface area contributed by atoms with Gasteiger partial charge in [-0.15, -0.1) is 11.8 Å². The van der Waals surface area contributed by atoms with Gasteiger partial charge in [-0.25, -0.2) is 9.37 Å². The second-order valence-corrected chi connectivity index (χ2v) is 8.75. The second kappa shape index (κ2) is 10.8. The van der Waals surface area contributed by atoms with Crippen LogP contribution in [0.25, 0.3) is 22.8 Å². The normalized spacial score (nSPS) is 11.6. The van der Waals surface area contributed by atoms with E-state index in [0.717, 1.165) is 5.56 Å². The van der Waals surface area contributed by atoms with Crippen LogP contribution in [0.5, 0.6) is 0 Å². The van der Waals surface area contributed by atoms with E-state index in [4.69, 9.17) is 0 Å². The van der Waals surface area contributed by atoms with Gasteiger partial charge in [0.05, 0.1) is 16.7 Å². The molecule has 0 fully saturated rings. The minimum absolute atomic E-state index is 0.0795. The number of aromatic nitrogens is 3. The molecule has 2 amide bonds. The third-order valence-corrected chi connectivity index (χ3v) is 6.06. The third kappa shape index (κ3) is 5.87. The molecule has 1 unspecified atom stereocenters. The molecule has 1 atom stereocenters. The van der Waals surface area contributed by atoms with Crippen molar-refractivity contribution in [1.82, 2.24) is 15.2 Å². The van der Waals surface area contributed by atoms with Crippen molar-refractivity contribution >= 4 is 35.0 Å².